The average molecular weight is 521 g/mol. The van der Waals surface area contributed by atoms with Gasteiger partial charge >= 0.3 is 191 Å². The molecule has 30 heavy (non-hydrogen) atoms. The fourth-order valence-corrected chi connectivity index (χ4v) is 19.5. The van der Waals surface area contributed by atoms with E-state index in [-0.39, 0.29) is 6.10 Å². The molecule has 1 rings (SSSR count). The second kappa shape index (κ2) is 18.0. The van der Waals surface area contributed by atoms with E-state index in [0.29, 0.717) is 13.0 Å². The Bertz CT molecular complexity index is 533. The predicted molar refractivity (Wildman–Crippen MR) is 134 cm³/mol. The first-order chi connectivity index (χ1) is 14.7. The van der Waals surface area contributed by atoms with Gasteiger partial charge in [-0.15, -0.1) is 0 Å². The predicted octanol–water partition coefficient (Wildman–Crippen LogP) is 8.35. The molecule has 3 heteroatoms. The molecule has 0 aromatic heterocycles. The summed E-state index contributed by atoms with van der Waals surface area (Å²) >= 11 is -2.04. The maximum absolute atomic E-state index is 11.1. The molecule has 0 spiro atoms. The molecule has 0 aliphatic rings. The van der Waals surface area contributed by atoms with Crippen LogP contribution in [0.3, 0.4) is 0 Å². The van der Waals surface area contributed by atoms with E-state index in [0.717, 1.165) is 19.1 Å². The van der Waals surface area contributed by atoms with Crippen molar-refractivity contribution in [1.82, 2.24) is 0 Å². The van der Waals surface area contributed by atoms with Gasteiger partial charge in [-0.05, 0) is 0 Å². The van der Waals surface area contributed by atoms with E-state index in [1.165, 1.54) is 48.5 Å². The third kappa shape index (κ3) is 12.3. The summed E-state index contributed by atoms with van der Waals surface area (Å²) in [6.07, 6.45) is 16.7. The molecule has 0 amide bonds. The summed E-state index contributed by atoms with van der Waals surface area (Å²) in [5.41, 5.74) is 1.17. The molecule has 0 radical (unpaired) electrons. The van der Waals surface area contributed by atoms with Gasteiger partial charge in [-0.25, -0.2) is 0 Å². The van der Waals surface area contributed by atoms with Crippen molar-refractivity contribution in [2.24, 2.45) is 0 Å². The van der Waals surface area contributed by atoms with E-state index in [1.807, 2.05) is 18.2 Å². The number of rotatable bonds is 19. The summed E-state index contributed by atoms with van der Waals surface area (Å²) in [6.45, 7) is 7.62. The van der Waals surface area contributed by atoms with Crippen molar-refractivity contribution in [3.63, 3.8) is 0 Å². The third-order valence-electron chi connectivity index (χ3n) is 6.24. The van der Waals surface area contributed by atoms with Crippen molar-refractivity contribution in [3.05, 3.63) is 48.0 Å². The third-order valence-corrected chi connectivity index (χ3v) is 21.5. The number of ether oxygens (including phenoxy) is 1. The second-order valence-corrected chi connectivity index (χ2v) is 22.9. The molecule has 1 aromatic rings. The van der Waals surface area contributed by atoms with Crippen molar-refractivity contribution in [2.75, 3.05) is 0 Å². The van der Waals surface area contributed by atoms with Crippen LogP contribution >= 0.6 is 0 Å². The Labute approximate surface area is 190 Å². The van der Waals surface area contributed by atoms with Gasteiger partial charge in [-0.2, -0.15) is 0 Å². The van der Waals surface area contributed by atoms with Crippen LogP contribution in [0, 0.1) is 0 Å². The number of allylic oxidation sites excluding steroid dienone is 2. The molecule has 170 valence electrons. The fraction of sp³-hybridized carbons (Fsp3) is 0.667. The van der Waals surface area contributed by atoms with Crippen molar-refractivity contribution in [1.29, 1.82) is 0 Å². The second-order valence-electron chi connectivity index (χ2n) is 8.88. The summed E-state index contributed by atoms with van der Waals surface area (Å²) in [5.74, 6) is 0. The molecule has 0 aliphatic carbocycles. The van der Waals surface area contributed by atoms with E-state index < -0.39 is 18.4 Å². The first kappa shape index (κ1) is 27.4. The normalized spacial score (nSPS) is 13.0. The molecular formula is C27H46O2Sn. The van der Waals surface area contributed by atoms with Gasteiger partial charge in [0.15, 0.2) is 0 Å². The van der Waals surface area contributed by atoms with Gasteiger partial charge in [-0.1, -0.05) is 0 Å². The van der Waals surface area contributed by atoms with Crippen LogP contribution < -0.4 is 0 Å². The number of benzene rings is 1. The van der Waals surface area contributed by atoms with Crippen LogP contribution in [-0.2, 0) is 16.1 Å². The standard InChI is InChI=1S/C15H19O2.3C4H9.Sn/c1-2-3-5-10-15(11-12-16)17-13-14-8-6-4-7-9-14;3*1-3-4-2;/h2-4,6-9,12,15H,1,5,10-11,13H2;3*1,3-4H2,2H3;/b3-2+;;;;. The molecule has 1 aromatic carbocycles. The van der Waals surface area contributed by atoms with Gasteiger partial charge in [-0.3, -0.25) is 0 Å². The molecule has 1 unspecified atom stereocenters. The molecule has 0 N–H and O–H groups in total. The number of hydrogen-bond acceptors (Lipinski definition) is 2. The Morgan fingerprint density at radius 2 is 1.50 bits per heavy atom. The molecule has 0 aliphatic heterocycles. The summed E-state index contributed by atoms with van der Waals surface area (Å²) < 4.78 is 12.2. The van der Waals surface area contributed by atoms with E-state index in [9.17, 15) is 4.79 Å². The Morgan fingerprint density at radius 1 is 0.900 bits per heavy atom. The van der Waals surface area contributed by atoms with Crippen molar-refractivity contribution < 1.29 is 9.53 Å². The number of carbonyl (C=O) groups excluding carboxylic acids is 1. The first-order valence-electron chi connectivity index (χ1n) is 12.4. The average Bonchev–Trinajstić information content (AvgIpc) is 2.78. The van der Waals surface area contributed by atoms with Crippen molar-refractivity contribution in [3.8, 4) is 0 Å². The molecule has 1 atom stereocenters. The molecule has 0 heterocycles. The van der Waals surface area contributed by atoms with Gasteiger partial charge < -0.3 is 0 Å². The van der Waals surface area contributed by atoms with Gasteiger partial charge in [0.05, 0.1) is 0 Å². The van der Waals surface area contributed by atoms with Gasteiger partial charge in [0.1, 0.15) is 0 Å². The van der Waals surface area contributed by atoms with E-state index in [4.69, 9.17) is 4.74 Å². The number of aldehydes is 1. The monoisotopic (exact) mass is 522 g/mol. The number of unbranched alkanes of at least 4 members (excludes halogenated alkanes) is 3. The molecule has 2 nitrogen and oxygen atoms in total. The Kier molecular flexibility index (Phi) is 16.5. The van der Waals surface area contributed by atoms with E-state index in [1.54, 1.807) is 13.3 Å². The molecule has 0 fully saturated rings. The van der Waals surface area contributed by atoms with Crippen LogP contribution in [0.5, 0.6) is 0 Å². The summed E-state index contributed by atoms with van der Waals surface area (Å²) in [4.78, 5) is 11.1. The van der Waals surface area contributed by atoms with Crippen LogP contribution in [0.2, 0.25) is 17.7 Å². The topological polar surface area (TPSA) is 26.3 Å². The van der Waals surface area contributed by atoms with E-state index >= 15 is 0 Å². The Morgan fingerprint density at radius 3 is 2.03 bits per heavy atom. The van der Waals surface area contributed by atoms with Crippen LogP contribution in [0.15, 0.2) is 42.5 Å². The molecule has 0 bridgehead atoms. The summed E-state index contributed by atoms with van der Waals surface area (Å²) in [5, 5.41) is 0. The zero-order valence-electron chi connectivity index (χ0n) is 19.9. The SMILES string of the molecule is CCC[CH2][Sn]([CH2]/C=C/CCC(CC=O)OCc1ccccc1)([CH2]CCC)[CH2]CCC. The number of hydrogen-bond donors (Lipinski definition) is 0. The van der Waals surface area contributed by atoms with Crippen LogP contribution in [0.1, 0.15) is 84.1 Å². The van der Waals surface area contributed by atoms with Gasteiger partial charge in [0.25, 0.3) is 0 Å². The minimum absolute atomic E-state index is 0.0286. The van der Waals surface area contributed by atoms with Crippen molar-refractivity contribution >= 4 is 24.7 Å². The van der Waals surface area contributed by atoms with Crippen LogP contribution in [0.25, 0.3) is 0 Å². The number of carbonyl (C=O) groups is 1. The summed E-state index contributed by atoms with van der Waals surface area (Å²) in [7, 11) is 0. The van der Waals surface area contributed by atoms with Crippen molar-refractivity contribution in [2.45, 2.75) is 109 Å². The minimum atomic E-state index is -2.04. The zero-order valence-corrected chi connectivity index (χ0v) is 22.8. The fourth-order valence-electron chi connectivity index (χ4n) is 4.23. The maximum atomic E-state index is 11.1. The van der Waals surface area contributed by atoms with E-state index in [2.05, 4.69) is 45.1 Å². The van der Waals surface area contributed by atoms with Gasteiger partial charge in [0, 0.05) is 0 Å². The van der Waals surface area contributed by atoms with Crippen LogP contribution in [-0.4, -0.2) is 30.8 Å². The molecular weight excluding hydrogens is 475 g/mol. The van der Waals surface area contributed by atoms with Crippen LogP contribution in [0.4, 0.5) is 0 Å². The Hall–Kier alpha value is -0.611. The van der Waals surface area contributed by atoms with Gasteiger partial charge in [0.2, 0.25) is 0 Å². The summed E-state index contributed by atoms with van der Waals surface area (Å²) in [6, 6.07) is 10.2. The quantitative estimate of drug-likeness (QED) is 0.104. The Balaban J connectivity index is 2.55. The first-order valence-corrected chi connectivity index (χ1v) is 20.5. The molecule has 0 saturated heterocycles. The molecule has 0 saturated carbocycles. The zero-order chi connectivity index (χ0) is 21.9.